The summed E-state index contributed by atoms with van der Waals surface area (Å²) >= 11 is 12.1. The van der Waals surface area contributed by atoms with Gasteiger partial charge in [0.1, 0.15) is 0 Å². The molecule has 0 unspecified atom stereocenters. The van der Waals surface area contributed by atoms with Gasteiger partial charge in [0, 0.05) is 42.8 Å². The number of halogens is 2. The van der Waals surface area contributed by atoms with Crippen LogP contribution in [0.25, 0.3) is 0 Å². The van der Waals surface area contributed by atoms with Gasteiger partial charge in [0.25, 0.3) is 5.91 Å². The quantitative estimate of drug-likeness (QED) is 0.552. The second-order valence-corrected chi connectivity index (χ2v) is 6.14. The lowest BCUT2D eigenvalue weighted by molar-refractivity contribution is 0.0963. The molecule has 3 N–H and O–H groups in total. The predicted octanol–water partition coefficient (Wildman–Crippen LogP) is 3.22. The third kappa shape index (κ3) is 5.66. The Bertz CT molecular complexity index is 777. The first-order valence-corrected chi connectivity index (χ1v) is 8.48. The topological polar surface area (TPSA) is 65.5 Å². The summed E-state index contributed by atoms with van der Waals surface area (Å²) in [6.07, 6.45) is 0. The van der Waals surface area contributed by atoms with Crippen molar-refractivity contribution in [3.05, 3.63) is 69.2 Å². The molecule has 0 saturated carbocycles. The zero-order chi connectivity index (χ0) is 18.2. The number of amides is 1. The Morgan fingerprint density at radius 1 is 1.08 bits per heavy atom. The first kappa shape index (κ1) is 19.1. The maximum absolute atomic E-state index is 11.7. The van der Waals surface area contributed by atoms with Gasteiger partial charge in [0.2, 0.25) is 0 Å². The highest BCUT2D eigenvalue weighted by atomic mass is 35.5. The number of carbonyl (C=O) groups is 1. The number of guanidine groups is 1. The molecule has 0 radical (unpaired) electrons. The van der Waals surface area contributed by atoms with Crippen molar-refractivity contribution in [1.82, 2.24) is 16.0 Å². The Hall–Kier alpha value is -2.24. The number of rotatable bonds is 5. The van der Waals surface area contributed by atoms with Crippen LogP contribution in [-0.4, -0.2) is 26.0 Å². The van der Waals surface area contributed by atoms with Crippen molar-refractivity contribution in [2.24, 2.45) is 4.99 Å². The lowest BCUT2D eigenvalue weighted by Gasteiger charge is -2.13. The zero-order valence-electron chi connectivity index (χ0n) is 14.1. The molecule has 0 aromatic heterocycles. The minimum atomic E-state index is -0.110. The van der Waals surface area contributed by atoms with E-state index >= 15 is 0 Å². The lowest BCUT2D eigenvalue weighted by Crippen LogP contribution is -2.36. The number of nitrogens with one attached hydrogen (secondary N) is 3. The van der Waals surface area contributed by atoms with Gasteiger partial charge in [0.15, 0.2) is 5.96 Å². The van der Waals surface area contributed by atoms with Crippen LogP contribution < -0.4 is 16.0 Å². The summed E-state index contributed by atoms with van der Waals surface area (Å²) in [5, 5.41) is 10.2. The number of hydrogen-bond donors (Lipinski definition) is 3. The van der Waals surface area contributed by atoms with Crippen LogP contribution in [0.3, 0.4) is 0 Å². The van der Waals surface area contributed by atoms with Gasteiger partial charge >= 0.3 is 0 Å². The highest BCUT2D eigenvalue weighted by Gasteiger charge is 2.06. The van der Waals surface area contributed by atoms with Crippen molar-refractivity contribution in [1.29, 1.82) is 0 Å². The van der Waals surface area contributed by atoms with Gasteiger partial charge in [-0.1, -0.05) is 41.4 Å². The highest BCUT2D eigenvalue weighted by Crippen LogP contribution is 2.20. The standard InChI is InChI=1S/C18H20Cl2N4O/c1-21-17(25)13-5-3-4-12(8-13)10-23-18(22-2)24-11-14-6-7-15(19)9-16(14)20/h3-9H,10-11H2,1-2H3,(H,21,25)(H2,22,23,24). The smallest absolute Gasteiger partial charge is 0.251 e. The van der Waals surface area contributed by atoms with Gasteiger partial charge in [-0.3, -0.25) is 9.79 Å². The molecule has 0 fully saturated rings. The Balaban J connectivity index is 1.93. The van der Waals surface area contributed by atoms with Crippen LogP contribution in [0.1, 0.15) is 21.5 Å². The van der Waals surface area contributed by atoms with Crippen molar-refractivity contribution >= 4 is 35.1 Å². The van der Waals surface area contributed by atoms with E-state index in [1.54, 1.807) is 32.3 Å². The molecule has 132 valence electrons. The second-order valence-electron chi connectivity index (χ2n) is 5.29. The molecule has 7 heteroatoms. The molecule has 2 aromatic carbocycles. The van der Waals surface area contributed by atoms with E-state index in [4.69, 9.17) is 23.2 Å². The lowest BCUT2D eigenvalue weighted by atomic mass is 10.1. The molecule has 0 heterocycles. The molecule has 5 nitrogen and oxygen atoms in total. The number of hydrogen-bond acceptors (Lipinski definition) is 2. The molecule has 2 rings (SSSR count). The van der Waals surface area contributed by atoms with E-state index in [0.717, 1.165) is 11.1 Å². The maximum atomic E-state index is 11.7. The van der Waals surface area contributed by atoms with E-state index in [1.807, 2.05) is 24.3 Å². The Kier molecular flexibility index (Phi) is 7.10. The van der Waals surface area contributed by atoms with Crippen molar-refractivity contribution in [3.8, 4) is 0 Å². The Labute approximate surface area is 157 Å². The number of nitrogens with zero attached hydrogens (tertiary/aromatic N) is 1. The van der Waals surface area contributed by atoms with Crippen LogP contribution in [-0.2, 0) is 13.1 Å². The molecule has 0 aliphatic heterocycles. The highest BCUT2D eigenvalue weighted by molar-refractivity contribution is 6.35. The van der Waals surface area contributed by atoms with E-state index in [0.29, 0.717) is 34.7 Å². The van der Waals surface area contributed by atoms with Gasteiger partial charge in [-0.25, -0.2) is 0 Å². The van der Waals surface area contributed by atoms with Crippen LogP contribution in [0.2, 0.25) is 10.0 Å². The maximum Gasteiger partial charge on any atom is 0.251 e. The average Bonchev–Trinajstić information content (AvgIpc) is 2.62. The van der Waals surface area contributed by atoms with Gasteiger partial charge in [-0.05, 0) is 35.4 Å². The fraction of sp³-hybridized carbons (Fsp3) is 0.222. The fourth-order valence-electron chi connectivity index (χ4n) is 2.22. The normalized spacial score (nSPS) is 11.1. The molecule has 0 saturated heterocycles. The van der Waals surface area contributed by atoms with Crippen molar-refractivity contribution < 1.29 is 4.79 Å². The van der Waals surface area contributed by atoms with E-state index in [9.17, 15) is 4.79 Å². The average molecular weight is 379 g/mol. The van der Waals surface area contributed by atoms with E-state index < -0.39 is 0 Å². The van der Waals surface area contributed by atoms with E-state index in [-0.39, 0.29) is 5.91 Å². The first-order chi connectivity index (χ1) is 12.0. The van der Waals surface area contributed by atoms with Gasteiger partial charge in [-0.15, -0.1) is 0 Å². The Morgan fingerprint density at radius 2 is 1.84 bits per heavy atom. The van der Waals surface area contributed by atoms with Crippen molar-refractivity contribution in [2.75, 3.05) is 14.1 Å². The summed E-state index contributed by atoms with van der Waals surface area (Å²) in [5.74, 6) is 0.526. The van der Waals surface area contributed by atoms with Gasteiger partial charge < -0.3 is 16.0 Å². The summed E-state index contributed by atoms with van der Waals surface area (Å²) < 4.78 is 0. The summed E-state index contributed by atoms with van der Waals surface area (Å²) in [6.45, 7) is 1.06. The SMILES string of the molecule is CN=C(NCc1cccc(C(=O)NC)c1)NCc1ccc(Cl)cc1Cl. The molecule has 0 atom stereocenters. The summed E-state index contributed by atoms with van der Waals surface area (Å²) in [7, 11) is 3.31. The molecule has 0 bridgehead atoms. The minimum absolute atomic E-state index is 0.110. The van der Waals surface area contributed by atoms with Gasteiger partial charge in [0.05, 0.1) is 0 Å². The van der Waals surface area contributed by atoms with Crippen LogP contribution in [0, 0.1) is 0 Å². The summed E-state index contributed by atoms with van der Waals surface area (Å²) in [4.78, 5) is 15.9. The van der Waals surface area contributed by atoms with Crippen LogP contribution in [0.4, 0.5) is 0 Å². The van der Waals surface area contributed by atoms with E-state index in [1.165, 1.54) is 0 Å². The van der Waals surface area contributed by atoms with Gasteiger partial charge in [-0.2, -0.15) is 0 Å². The largest absolute Gasteiger partial charge is 0.355 e. The molecule has 2 aromatic rings. The molecule has 1 amide bonds. The second kappa shape index (κ2) is 9.30. The number of benzene rings is 2. The molecule has 0 spiro atoms. The third-order valence-corrected chi connectivity index (χ3v) is 4.15. The molecular weight excluding hydrogens is 359 g/mol. The molecule has 0 aliphatic carbocycles. The number of aliphatic imine (C=N–C) groups is 1. The first-order valence-electron chi connectivity index (χ1n) is 7.73. The summed E-state index contributed by atoms with van der Waals surface area (Å²) in [5.41, 5.74) is 2.53. The van der Waals surface area contributed by atoms with Crippen LogP contribution in [0.15, 0.2) is 47.5 Å². The minimum Gasteiger partial charge on any atom is -0.355 e. The molecule has 0 aliphatic rings. The van der Waals surface area contributed by atoms with Crippen molar-refractivity contribution in [2.45, 2.75) is 13.1 Å². The number of carbonyl (C=O) groups excluding carboxylic acids is 1. The van der Waals surface area contributed by atoms with Crippen LogP contribution in [0.5, 0.6) is 0 Å². The zero-order valence-corrected chi connectivity index (χ0v) is 15.6. The predicted molar refractivity (Wildman–Crippen MR) is 103 cm³/mol. The fourth-order valence-corrected chi connectivity index (χ4v) is 2.69. The monoisotopic (exact) mass is 378 g/mol. The van der Waals surface area contributed by atoms with E-state index in [2.05, 4.69) is 20.9 Å². The molecular formula is C18H20Cl2N4O. The van der Waals surface area contributed by atoms with Crippen LogP contribution >= 0.6 is 23.2 Å². The Morgan fingerprint density at radius 3 is 2.52 bits per heavy atom. The molecule has 25 heavy (non-hydrogen) atoms. The summed E-state index contributed by atoms with van der Waals surface area (Å²) in [6, 6.07) is 12.8. The third-order valence-electron chi connectivity index (χ3n) is 3.56. The van der Waals surface area contributed by atoms with Crippen molar-refractivity contribution in [3.63, 3.8) is 0 Å².